The van der Waals surface area contributed by atoms with Crippen molar-refractivity contribution in [3.63, 3.8) is 0 Å². The van der Waals surface area contributed by atoms with Crippen molar-refractivity contribution in [1.82, 2.24) is 0 Å². The monoisotopic (exact) mass is 285 g/mol. The summed E-state index contributed by atoms with van der Waals surface area (Å²) in [5, 5.41) is 2.49. The number of methoxy groups -OCH3 is 2. The minimum Gasteiger partial charge on any atom is -0.465 e. The lowest BCUT2D eigenvalue weighted by Gasteiger charge is -2.08. The molecule has 7 heteroatoms. The number of nitrogens with one attached hydrogen (secondary N) is 1. The minimum absolute atomic E-state index is 0.158. The van der Waals surface area contributed by atoms with Crippen LogP contribution in [0.4, 0.5) is 10.1 Å². The molecule has 0 radical (unpaired) electrons. The lowest BCUT2D eigenvalue weighted by Crippen LogP contribution is -2.20. The van der Waals surface area contributed by atoms with Crippen LogP contribution in [0.25, 0.3) is 0 Å². The molecule has 0 bridgehead atoms. The smallest absolute Gasteiger partial charge is 0.340 e. The first-order valence-corrected chi connectivity index (χ1v) is 5.83. The molecule has 1 N–H and O–H groups in total. The molecule has 0 atom stereocenters. The number of hydrogen-bond acceptors (Lipinski definition) is 5. The normalized spacial score (nSPS) is 10.2. The summed E-state index contributed by atoms with van der Waals surface area (Å²) < 4.78 is 27.6. The molecule has 6 nitrogen and oxygen atoms in total. The molecule has 0 aromatic heterocycles. The summed E-state index contributed by atoms with van der Waals surface area (Å²) in [5.74, 6) is -1.94. The number of amides is 1. The van der Waals surface area contributed by atoms with Crippen LogP contribution in [0.3, 0.4) is 0 Å². The van der Waals surface area contributed by atoms with Crippen LogP contribution in [-0.4, -0.2) is 45.9 Å². The highest BCUT2D eigenvalue weighted by atomic mass is 19.1. The zero-order chi connectivity index (χ0) is 15.0. The van der Waals surface area contributed by atoms with Gasteiger partial charge in [0.25, 0.3) is 0 Å². The maximum atomic E-state index is 13.4. The van der Waals surface area contributed by atoms with E-state index < -0.39 is 17.7 Å². The first kappa shape index (κ1) is 16.1. The fraction of sp³-hybridized carbons (Fsp3) is 0.385. The third-order valence-electron chi connectivity index (χ3n) is 2.32. The summed E-state index contributed by atoms with van der Waals surface area (Å²) in [4.78, 5) is 22.8. The highest BCUT2D eigenvalue weighted by molar-refractivity contribution is 5.95. The van der Waals surface area contributed by atoms with Gasteiger partial charge in [-0.1, -0.05) is 0 Å². The highest BCUT2D eigenvalue weighted by Crippen LogP contribution is 2.15. The van der Waals surface area contributed by atoms with Gasteiger partial charge in [0.15, 0.2) is 0 Å². The molecule has 1 amide bonds. The maximum absolute atomic E-state index is 13.4. The van der Waals surface area contributed by atoms with Crippen molar-refractivity contribution in [2.75, 3.05) is 39.4 Å². The fourth-order valence-corrected chi connectivity index (χ4v) is 1.37. The number of ether oxygens (including phenoxy) is 3. The number of carbonyl (C=O) groups excluding carboxylic acids is 2. The molecule has 0 spiro atoms. The van der Waals surface area contributed by atoms with Crippen LogP contribution in [0.1, 0.15) is 10.4 Å². The van der Waals surface area contributed by atoms with Gasteiger partial charge in [-0.3, -0.25) is 4.79 Å². The number of hydrogen-bond donors (Lipinski definition) is 1. The Labute approximate surface area is 115 Å². The van der Waals surface area contributed by atoms with Crippen molar-refractivity contribution < 1.29 is 28.2 Å². The van der Waals surface area contributed by atoms with Crippen molar-refractivity contribution in [3.05, 3.63) is 29.6 Å². The van der Waals surface area contributed by atoms with Crippen LogP contribution in [-0.2, 0) is 19.0 Å². The van der Waals surface area contributed by atoms with Gasteiger partial charge >= 0.3 is 5.97 Å². The first-order valence-electron chi connectivity index (χ1n) is 5.83. The van der Waals surface area contributed by atoms with E-state index in [1.807, 2.05) is 0 Å². The summed E-state index contributed by atoms with van der Waals surface area (Å²) >= 11 is 0. The Morgan fingerprint density at radius 3 is 2.65 bits per heavy atom. The third kappa shape index (κ3) is 4.94. The van der Waals surface area contributed by atoms with E-state index in [1.165, 1.54) is 19.2 Å². The second kappa shape index (κ2) is 8.23. The average molecular weight is 285 g/mol. The van der Waals surface area contributed by atoms with Gasteiger partial charge in [0.2, 0.25) is 5.91 Å². The summed E-state index contributed by atoms with van der Waals surface area (Å²) in [6.45, 7) is 0.519. The van der Waals surface area contributed by atoms with Crippen molar-refractivity contribution in [2.45, 2.75) is 0 Å². The molecule has 110 valence electrons. The lowest BCUT2D eigenvalue weighted by atomic mass is 10.2. The Bertz CT molecular complexity index is 478. The summed E-state index contributed by atoms with van der Waals surface area (Å²) in [6.07, 6.45) is 0. The van der Waals surface area contributed by atoms with Crippen LogP contribution in [0.15, 0.2) is 18.2 Å². The van der Waals surface area contributed by atoms with E-state index in [4.69, 9.17) is 9.47 Å². The Hall–Kier alpha value is -1.99. The molecule has 0 fully saturated rings. The molecule has 0 unspecified atom stereocenters. The summed E-state index contributed by atoms with van der Waals surface area (Å²) in [5.41, 5.74) is 0.0396. The van der Waals surface area contributed by atoms with Crippen LogP contribution in [0.2, 0.25) is 0 Å². The van der Waals surface area contributed by atoms with Crippen molar-refractivity contribution >= 4 is 17.6 Å². The van der Waals surface area contributed by atoms with E-state index in [0.29, 0.717) is 13.2 Å². The van der Waals surface area contributed by atoms with Gasteiger partial charge in [-0.05, 0) is 18.2 Å². The first-order chi connectivity index (χ1) is 9.58. The molecule has 0 aliphatic heterocycles. The summed E-state index contributed by atoms with van der Waals surface area (Å²) in [7, 11) is 2.67. The number of esters is 1. The van der Waals surface area contributed by atoms with Gasteiger partial charge < -0.3 is 19.5 Å². The van der Waals surface area contributed by atoms with Crippen molar-refractivity contribution in [1.29, 1.82) is 0 Å². The van der Waals surface area contributed by atoms with Crippen LogP contribution in [0, 0.1) is 5.82 Å². The van der Waals surface area contributed by atoms with E-state index in [-0.39, 0.29) is 17.9 Å². The fourth-order valence-electron chi connectivity index (χ4n) is 1.37. The quantitative estimate of drug-likeness (QED) is 0.602. The molecular formula is C13H16FNO5. The van der Waals surface area contributed by atoms with Gasteiger partial charge in [0.05, 0.1) is 25.9 Å². The molecule has 1 aromatic rings. The minimum atomic E-state index is -0.810. The molecule has 0 saturated heterocycles. The molecule has 0 heterocycles. The van der Waals surface area contributed by atoms with E-state index in [1.54, 1.807) is 0 Å². The molecule has 0 aliphatic rings. The van der Waals surface area contributed by atoms with E-state index in [2.05, 4.69) is 10.1 Å². The molecule has 1 rings (SSSR count). The standard InChI is InChI=1S/C13H16FNO5/c1-18-5-6-20-8-12(16)15-9-3-4-11(14)10(7-9)13(17)19-2/h3-4,7H,5-6,8H2,1-2H3,(H,15,16). The number of carbonyl (C=O) groups is 2. The number of rotatable bonds is 7. The maximum Gasteiger partial charge on any atom is 0.340 e. The SMILES string of the molecule is COCCOCC(=O)Nc1ccc(F)c(C(=O)OC)c1. The summed E-state index contributed by atoms with van der Waals surface area (Å²) in [6, 6.07) is 3.62. The Morgan fingerprint density at radius 2 is 2.00 bits per heavy atom. The van der Waals surface area contributed by atoms with Gasteiger partial charge in [0, 0.05) is 12.8 Å². The van der Waals surface area contributed by atoms with Gasteiger partial charge in [0.1, 0.15) is 12.4 Å². The Morgan fingerprint density at radius 1 is 1.25 bits per heavy atom. The highest BCUT2D eigenvalue weighted by Gasteiger charge is 2.13. The topological polar surface area (TPSA) is 73.9 Å². The second-order valence-electron chi connectivity index (χ2n) is 3.78. The Kier molecular flexibility index (Phi) is 6.61. The van der Waals surface area contributed by atoms with Crippen LogP contribution >= 0.6 is 0 Å². The van der Waals surface area contributed by atoms with Gasteiger partial charge in [-0.15, -0.1) is 0 Å². The molecular weight excluding hydrogens is 269 g/mol. The number of benzene rings is 1. The van der Waals surface area contributed by atoms with Crippen LogP contribution in [0.5, 0.6) is 0 Å². The predicted octanol–water partition coefficient (Wildman–Crippen LogP) is 1.21. The van der Waals surface area contributed by atoms with E-state index in [9.17, 15) is 14.0 Å². The molecule has 0 saturated carbocycles. The van der Waals surface area contributed by atoms with Gasteiger partial charge in [-0.25, -0.2) is 9.18 Å². The zero-order valence-electron chi connectivity index (χ0n) is 11.3. The molecule has 20 heavy (non-hydrogen) atoms. The van der Waals surface area contributed by atoms with Crippen molar-refractivity contribution in [2.24, 2.45) is 0 Å². The Balaban J connectivity index is 2.59. The largest absolute Gasteiger partial charge is 0.465 e. The molecule has 0 aliphatic carbocycles. The van der Waals surface area contributed by atoms with Gasteiger partial charge in [-0.2, -0.15) is 0 Å². The molecule has 1 aromatic carbocycles. The van der Waals surface area contributed by atoms with E-state index in [0.717, 1.165) is 13.2 Å². The zero-order valence-corrected chi connectivity index (χ0v) is 11.3. The average Bonchev–Trinajstić information content (AvgIpc) is 2.45. The van der Waals surface area contributed by atoms with Crippen LogP contribution < -0.4 is 5.32 Å². The number of anilines is 1. The van der Waals surface area contributed by atoms with Crippen molar-refractivity contribution in [3.8, 4) is 0 Å². The third-order valence-corrected chi connectivity index (χ3v) is 2.32. The number of halogens is 1. The van der Waals surface area contributed by atoms with E-state index >= 15 is 0 Å². The predicted molar refractivity (Wildman–Crippen MR) is 69.1 cm³/mol. The second-order valence-corrected chi connectivity index (χ2v) is 3.78. The lowest BCUT2D eigenvalue weighted by molar-refractivity contribution is -0.121.